The van der Waals surface area contributed by atoms with E-state index in [0.717, 1.165) is 0 Å². The van der Waals surface area contributed by atoms with Crippen molar-refractivity contribution in [1.82, 2.24) is 10.3 Å². The Hall–Kier alpha value is -1.82. The number of nitrogens with zero attached hydrogens (tertiary/aromatic N) is 1. The van der Waals surface area contributed by atoms with Crippen LogP contribution in [0.15, 0.2) is 12.1 Å². The van der Waals surface area contributed by atoms with Crippen LogP contribution >= 0.6 is 11.6 Å². The first-order valence-corrected chi connectivity index (χ1v) is 6.63. The number of carbonyl (C=O) groups excluding carboxylic acids is 2. The molecule has 1 aromatic heterocycles. The van der Waals surface area contributed by atoms with Crippen LogP contribution in [0.3, 0.4) is 0 Å². The summed E-state index contributed by atoms with van der Waals surface area (Å²) in [5, 5.41) is 5.87. The fraction of sp³-hybridized carbons (Fsp3) is 0.462. The van der Waals surface area contributed by atoms with Gasteiger partial charge in [-0.2, -0.15) is 0 Å². The number of hydrogen-bond donors (Lipinski definition) is 3. The van der Waals surface area contributed by atoms with Crippen molar-refractivity contribution in [1.29, 1.82) is 0 Å². The molecule has 0 aliphatic carbocycles. The molecule has 1 aromatic rings. The summed E-state index contributed by atoms with van der Waals surface area (Å²) >= 11 is 5.87. The molecule has 0 saturated carbocycles. The van der Waals surface area contributed by atoms with Gasteiger partial charge in [-0.3, -0.25) is 9.59 Å². The van der Waals surface area contributed by atoms with Gasteiger partial charge >= 0.3 is 0 Å². The van der Waals surface area contributed by atoms with Gasteiger partial charge in [0.2, 0.25) is 5.91 Å². The molecule has 6 nitrogen and oxygen atoms in total. The van der Waals surface area contributed by atoms with Gasteiger partial charge in [0.05, 0.1) is 5.41 Å². The van der Waals surface area contributed by atoms with Gasteiger partial charge in [-0.25, -0.2) is 4.98 Å². The number of amides is 2. The average Bonchev–Trinajstić information content (AvgIpc) is 2.35. The molecule has 1 heterocycles. The van der Waals surface area contributed by atoms with E-state index in [1.54, 1.807) is 19.9 Å². The molecular formula is C13H19ClN4O2. The highest BCUT2D eigenvalue weighted by atomic mass is 35.5. The zero-order valence-electron chi connectivity index (χ0n) is 11.8. The maximum Gasteiger partial charge on any atom is 0.251 e. The topological polar surface area (TPSA) is 97.1 Å². The van der Waals surface area contributed by atoms with Crippen LogP contribution < -0.4 is 16.4 Å². The highest BCUT2D eigenvalue weighted by Gasteiger charge is 2.25. The Kier molecular flexibility index (Phi) is 5.33. The standard InChI is InChI=1S/C13H19ClN4O2/c1-4-16-10-6-8(5-9(14)18-10)11(19)17-7-13(2,3)12(15)20/h5-6H,4,7H2,1-3H3,(H2,15,20)(H,16,18)(H,17,19). The molecule has 0 aliphatic rings. The van der Waals surface area contributed by atoms with Crippen LogP contribution in [0.2, 0.25) is 5.15 Å². The van der Waals surface area contributed by atoms with E-state index in [9.17, 15) is 9.59 Å². The third-order valence-electron chi connectivity index (χ3n) is 2.77. The maximum atomic E-state index is 12.0. The minimum atomic E-state index is -0.809. The van der Waals surface area contributed by atoms with Crippen molar-refractivity contribution < 1.29 is 9.59 Å². The van der Waals surface area contributed by atoms with Crippen molar-refractivity contribution in [2.45, 2.75) is 20.8 Å². The van der Waals surface area contributed by atoms with Gasteiger partial charge in [0.25, 0.3) is 5.91 Å². The summed E-state index contributed by atoms with van der Waals surface area (Å²) in [5.74, 6) is -0.277. The quantitative estimate of drug-likeness (QED) is 0.692. The lowest BCUT2D eigenvalue weighted by atomic mass is 9.92. The SMILES string of the molecule is CCNc1cc(C(=O)NCC(C)(C)C(N)=O)cc(Cl)n1. The molecule has 0 aliphatic heterocycles. The molecular weight excluding hydrogens is 280 g/mol. The van der Waals surface area contributed by atoms with Crippen LogP contribution in [-0.4, -0.2) is 29.9 Å². The van der Waals surface area contributed by atoms with Crippen LogP contribution in [0.1, 0.15) is 31.1 Å². The molecule has 0 unspecified atom stereocenters. The Morgan fingerprint density at radius 3 is 2.60 bits per heavy atom. The van der Waals surface area contributed by atoms with E-state index in [1.807, 2.05) is 6.92 Å². The van der Waals surface area contributed by atoms with Gasteiger partial charge in [0, 0.05) is 18.7 Å². The number of aromatic nitrogens is 1. The number of anilines is 1. The van der Waals surface area contributed by atoms with Gasteiger partial charge in [-0.1, -0.05) is 11.6 Å². The number of nitrogens with one attached hydrogen (secondary N) is 2. The van der Waals surface area contributed by atoms with Crippen molar-refractivity contribution >= 4 is 29.2 Å². The van der Waals surface area contributed by atoms with E-state index in [2.05, 4.69) is 15.6 Å². The first kappa shape index (κ1) is 16.2. The molecule has 0 radical (unpaired) electrons. The molecule has 4 N–H and O–H groups in total. The first-order valence-electron chi connectivity index (χ1n) is 6.26. The number of pyridine rings is 1. The molecule has 0 aromatic carbocycles. The molecule has 20 heavy (non-hydrogen) atoms. The molecule has 1 rings (SSSR count). The van der Waals surface area contributed by atoms with Crippen molar-refractivity contribution in [2.24, 2.45) is 11.1 Å². The van der Waals surface area contributed by atoms with Crippen molar-refractivity contribution in [2.75, 3.05) is 18.4 Å². The number of rotatable bonds is 6. The first-order chi connectivity index (χ1) is 9.26. The third kappa shape index (κ3) is 4.38. The normalized spacial score (nSPS) is 11.0. The third-order valence-corrected chi connectivity index (χ3v) is 2.97. The molecule has 0 spiro atoms. The van der Waals surface area contributed by atoms with Crippen LogP contribution in [0.25, 0.3) is 0 Å². The molecule has 0 saturated heterocycles. The van der Waals surface area contributed by atoms with E-state index in [0.29, 0.717) is 17.9 Å². The zero-order chi connectivity index (χ0) is 15.3. The van der Waals surface area contributed by atoms with Crippen molar-refractivity contribution in [3.63, 3.8) is 0 Å². The Labute approximate surface area is 123 Å². The molecule has 2 amide bonds. The van der Waals surface area contributed by atoms with Crippen LogP contribution in [-0.2, 0) is 4.79 Å². The minimum Gasteiger partial charge on any atom is -0.370 e. The highest BCUT2D eigenvalue weighted by molar-refractivity contribution is 6.29. The van der Waals surface area contributed by atoms with E-state index < -0.39 is 11.3 Å². The van der Waals surface area contributed by atoms with Gasteiger partial charge in [0.15, 0.2) is 0 Å². The summed E-state index contributed by atoms with van der Waals surface area (Å²) in [6.07, 6.45) is 0. The maximum absolute atomic E-state index is 12.0. The lowest BCUT2D eigenvalue weighted by Gasteiger charge is -2.20. The number of halogens is 1. The number of primary amides is 1. The van der Waals surface area contributed by atoms with Crippen LogP contribution in [0.4, 0.5) is 5.82 Å². The van der Waals surface area contributed by atoms with E-state index in [-0.39, 0.29) is 17.6 Å². The average molecular weight is 299 g/mol. The number of nitrogens with two attached hydrogens (primary N) is 1. The summed E-state index contributed by atoms with van der Waals surface area (Å²) in [6, 6.07) is 3.07. The van der Waals surface area contributed by atoms with E-state index in [4.69, 9.17) is 17.3 Å². The van der Waals surface area contributed by atoms with E-state index >= 15 is 0 Å². The highest BCUT2D eigenvalue weighted by Crippen LogP contribution is 2.16. The summed E-state index contributed by atoms with van der Waals surface area (Å²) in [4.78, 5) is 27.3. The largest absolute Gasteiger partial charge is 0.370 e. The molecule has 110 valence electrons. The summed E-state index contributed by atoms with van der Waals surface area (Å²) in [5.41, 5.74) is 4.82. The Morgan fingerprint density at radius 1 is 1.40 bits per heavy atom. The fourth-order valence-electron chi connectivity index (χ4n) is 1.39. The summed E-state index contributed by atoms with van der Waals surface area (Å²) < 4.78 is 0. The van der Waals surface area contributed by atoms with Crippen molar-refractivity contribution in [3.05, 3.63) is 22.8 Å². The Morgan fingerprint density at radius 2 is 2.05 bits per heavy atom. The zero-order valence-corrected chi connectivity index (χ0v) is 12.5. The lowest BCUT2D eigenvalue weighted by Crippen LogP contribution is -2.42. The summed E-state index contributed by atoms with van der Waals surface area (Å²) in [7, 11) is 0. The lowest BCUT2D eigenvalue weighted by molar-refractivity contribution is -0.125. The van der Waals surface area contributed by atoms with Crippen LogP contribution in [0.5, 0.6) is 0 Å². The molecule has 0 atom stereocenters. The second-order valence-corrected chi connectivity index (χ2v) is 5.41. The predicted octanol–water partition coefficient (Wildman–Crippen LogP) is 1.41. The smallest absolute Gasteiger partial charge is 0.251 e. The van der Waals surface area contributed by atoms with Crippen molar-refractivity contribution in [3.8, 4) is 0 Å². The monoisotopic (exact) mass is 298 g/mol. The van der Waals surface area contributed by atoms with E-state index in [1.165, 1.54) is 6.07 Å². The predicted molar refractivity (Wildman–Crippen MR) is 78.7 cm³/mol. The van der Waals surface area contributed by atoms with Gasteiger partial charge < -0.3 is 16.4 Å². The molecule has 7 heteroatoms. The summed E-state index contributed by atoms with van der Waals surface area (Å²) in [6.45, 7) is 6.07. The van der Waals surface area contributed by atoms with Gasteiger partial charge in [-0.05, 0) is 32.9 Å². The van der Waals surface area contributed by atoms with Crippen LogP contribution in [0, 0.1) is 5.41 Å². The minimum absolute atomic E-state index is 0.150. The molecule has 0 bridgehead atoms. The second-order valence-electron chi connectivity index (χ2n) is 5.02. The Balaban J connectivity index is 2.80. The molecule has 0 fully saturated rings. The Bertz CT molecular complexity index is 517. The number of hydrogen-bond acceptors (Lipinski definition) is 4. The van der Waals surface area contributed by atoms with Gasteiger partial charge in [0.1, 0.15) is 11.0 Å². The number of carbonyl (C=O) groups is 2. The van der Waals surface area contributed by atoms with Gasteiger partial charge in [-0.15, -0.1) is 0 Å². The second kappa shape index (κ2) is 6.56. The fourth-order valence-corrected chi connectivity index (χ4v) is 1.60.